The van der Waals surface area contributed by atoms with Crippen molar-refractivity contribution in [2.75, 3.05) is 0 Å². The first kappa shape index (κ1) is 72.3. The van der Waals surface area contributed by atoms with E-state index in [0.717, 1.165) is 50.1 Å². The summed E-state index contributed by atoms with van der Waals surface area (Å²) in [6.45, 7) is 4.60. The van der Waals surface area contributed by atoms with Gasteiger partial charge in [-0.3, -0.25) is 0 Å². The average Bonchev–Trinajstić information content (AvgIpc) is 1.76. The minimum absolute atomic E-state index is 0.129. The zero-order valence-electron chi connectivity index (χ0n) is 58.7. The number of hydrogen-bond acceptors (Lipinski definition) is 16. The molecule has 9 aromatic carbocycles. The summed E-state index contributed by atoms with van der Waals surface area (Å²) in [5.41, 5.74) is 9.77. The van der Waals surface area contributed by atoms with Crippen LogP contribution in [0.15, 0.2) is 285 Å². The first-order valence-electron chi connectivity index (χ1n) is 36.0. The standard InChI is InChI=1S/C87H88N6O12/c1-3-74-80(95-54-64-33-15-5-16-34-64)86(101-60-70-45-27-11-28-46-70)81(96-55-65-35-17-6-18-36-65)75(104-74)51-92-50-73(89-91-92)79-85(100-59-69-43-25-10-26-44-69)87(102-61-71-47-29-12-30-48-71)82(97-56-66-37-19-7-20-38-66)76(105-79)52-93-49-72(88-90-93)78-84(99-58-68-41-23-9-24-42-68)83(98-57-67-39-21-8-22-40-67)77(62(2)103-78)94-53-63-31-13-4-14-32-63/h1,4-50,62,74-87H,51-61H2,2H3/t62?,74-,75?,76?,77-,78-,79-,80?,81-,82-,83?,84?,85?,86?,87?/m1/s1. The topological polar surface area (TPSA) is 172 Å². The Bertz CT molecular complexity index is 4360. The van der Waals surface area contributed by atoms with Gasteiger partial charge in [-0.1, -0.05) is 289 Å². The van der Waals surface area contributed by atoms with Crippen molar-refractivity contribution >= 4 is 0 Å². The quantitative estimate of drug-likeness (QED) is 0.0355. The van der Waals surface area contributed by atoms with Crippen molar-refractivity contribution in [3.63, 3.8) is 0 Å². The van der Waals surface area contributed by atoms with E-state index in [1.807, 2.05) is 280 Å². The highest BCUT2D eigenvalue weighted by molar-refractivity contribution is 5.23. The number of ether oxygens (including phenoxy) is 12. The maximum absolute atomic E-state index is 7.58. The molecule has 3 aliphatic rings. The van der Waals surface area contributed by atoms with Gasteiger partial charge in [-0.2, -0.15) is 0 Å². The third-order valence-corrected chi connectivity index (χ3v) is 19.2. The summed E-state index contributed by atoms with van der Waals surface area (Å²) in [5, 5.41) is 19.7. The lowest BCUT2D eigenvalue weighted by molar-refractivity contribution is -0.270. The van der Waals surface area contributed by atoms with Gasteiger partial charge < -0.3 is 56.8 Å². The summed E-state index contributed by atoms with van der Waals surface area (Å²) in [7, 11) is 0. The SMILES string of the molecule is C#C[C@H]1OC(Cn2cc([C@H]3OC(Cn4cc([C@H]5OC(C)[C@@H](OCc6ccccc6)C(OCc6ccccc6)C5OCc5ccccc5)nn4)[C@@H](OCc4ccccc4)C(OCc4ccccc4)C3OCc3ccccc3)nn2)[C@@H](OCc2ccccc2)C(OCc2ccccc2)C1OCc1ccccc1. The van der Waals surface area contributed by atoms with E-state index in [1.165, 1.54) is 0 Å². The van der Waals surface area contributed by atoms with E-state index in [2.05, 4.69) is 18.1 Å². The summed E-state index contributed by atoms with van der Waals surface area (Å²) < 4.78 is 88.7. The number of aromatic nitrogens is 6. The molecule has 18 heteroatoms. The van der Waals surface area contributed by atoms with Crippen LogP contribution in [0, 0.1) is 12.3 Å². The van der Waals surface area contributed by atoms with Crippen molar-refractivity contribution in [1.29, 1.82) is 0 Å². The van der Waals surface area contributed by atoms with Gasteiger partial charge in [-0.15, -0.1) is 16.6 Å². The summed E-state index contributed by atoms with van der Waals surface area (Å²) in [5.74, 6) is 2.93. The van der Waals surface area contributed by atoms with Crippen molar-refractivity contribution in [1.82, 2.24) is 30.0 Å². The molecule has 0 saturated carbocycles. The second kappa shape index (κ2) is 36.9. The first-order chi connectivity index (χ1) is 51.9. The summed E-state index contributed by atoms with van der Waals surface area (Å²) in [6, 6.07) is 90.5. The van der Waals surface area contributed by atoms with E-state index < -0.39 is 91.6 Å². The monoisotopic (exact) mass is 1410 g/mol. The Kier molecular flexibility index (Phi) is 25.4. The fourth-order valence-corrected chi connectivity index (χ4v) is 13.8. The maximum atomic E-state index is 7.58. The smallest absolute Gasteiger partial charge is 0.147 e. The number of rotatable bonds is 33. The molecule has 0 spiro atoms. The van der Waals surface area contributed by atoms with Crippen molar-refractivity contribution in [3.8, 4) is 12.3 Å². The average molecular weight is 1410 g/mol. The molecule has 18 nitrogen and oxygen atoms in total. The van der Waals surface area contributed by atoms with Crippen LogP contribution >= 0.6 is 0 Å². The minimum atomic E-state index is -0.921. The highest BCUT2D eigenvalue weighted by atomic mass is 16.6. The number of terminal acetylenes is 1. The van der Waals surface area contributed by atoms with E-state index in [1.54, 1.807) is 9.36 Å². The highest BCUT2D eigenvalue weighted by Gasteiger charge is 2.53. The van der Waals surface area contributed by atoms with Crippen LogP contribution in [-0.2, 0) is 129 Å². The molecular formula is C87H88N6O12. The van der Waals surface area contributed by atoms with Gasteiger partial charge in [0.25, 0.3) is 0 Å². The summed E-state index contributed by atoms with van der Waals surface area (Å²) in [4.78, 5) is 0. The van der Waals surface area contributed by atoms with Gasteiger partial charge in [-0.25, -0.2) is 9.36 Å². The molecule has 105 heavy (non-hydrogen) atoms. The zero-order valence-corrected chi connectivity index (χ0v) is 58.7. The molecule has 0 aliphatic carbocycles. The Morgan fingerprint density at radius 3 is 0.838 bits per heavy atom. The van der Waals surface area contributed by atoms with Crippen LogP contribution in [0.2, 0.25) is 0 Å². The largest absolute Gasteiger partial charge is 0.368 e. The van der Waals surface area contributed by atoms with E-state index in [0.29, 0.717) is 24.6 Å². The Balaban J connectivity index is 0.814. The molecular weight excluding hydrogens is 1320 g/mol. The molecule has 0 bridgehead atoms. The molecule has 3 saturated heterocycles. The normalized spacial score (nSPS) is 24.6. The van der Waals surface area contributed by atoms with Gasteiger partial charge >= 0.3 is 0 Å². The first-order valence-corrected chi connectivity index (χ1v) is 36.0. The van der Waals surface area contributed by atoms with Gasteiger partial charge in [0.05, 0.1) is 91.0 Å². The molecule has 0 radical (unpaired) electrons. The molecule has 3 fully saturated rings. The van der Waals surface area contributed by atoms with Gasteiger partial charge in [-0.05, 0) is 57.0 Å². The lowest BCUT2D eigenvalue weighted by Gasteiger charge is -2.46. The Labute approximate surface area is 614 Å². The van der Waals surface area contributed by atoms with Gasteiger partial charge in [0.15, 0.2) is 0 Å². The lowest BCUT2D eigenvalue weighted by Crippen LogP contribution is -2.60. The minimum Gasteiger partial charge on any atom is -0.368 e. The molecule has 2 aromatic heterocycles. The summed E-state index contributed by atoms with van der Waals surface area (Å²) >= 11 is 0. The Hall–Kier alpha value is -9.66. The fraction of sp³-hybridized carbons (Fsp3) is 0.310. The lowest BCUT2D eigenvalue weighted by atomic mass is 9.92. The molecule has 538 valence electrons. The summed E-state index contributed by atoms with van der Waals surface area (Å²) in [6.07, 6.45) is -0.803. The maximum Gasteiger partial charge on any atom is 0.147 e. The number of nitrogens with zero attached hydrogens (tertiary/aromatic N) is 6. The van der Waals surface area contributed by atoms with E-state index in [-0.39, 0.29) is 59.3 Å². The number of hydrogen-bond donors (Lipinski definition) is 0. The van der Waals surface area contributed by atoms with Crippen molar-refractivity contribution in [2.24, 2.45) is 0 Å². The molecule has 11 aromatic rings. The second-order valence-electron chi connectivity index (χ2n) is 26.7. The van der Waals surface area contributed by atoms with Crippen LogP contribution in [0.4, 0.5) is 0 Å². The van der Waals surface area contributed by atoms with Gasteiger partial charge in [0, 0.05) is 0 Å². The van der Waals surface area contributed by atoms with Crippen molar-refractivity contribution in [3.05, 3.63) is 347 Å². The van der Waals surface area contributed by atoms with Crippen molar-refractivity contribution < 1.29 is 56.8 Å². The van der Waals surface area contributed by atoms with Gasteiger partial charge in [0.2, 0.25) is 0 Å². The molecule has 0 amide bonds. The Morgan fingerprint density at radius 2 is 0.533 bits per heavy atom. The van der Waals surface area contributed by atoms with Crippen LogP contribution in [0.1, 0.15) is 80.6 Å². The van der Waals surface area contributed by atoms with E-state index in [9.17, 15) is 0 Å². The van der Waals surface area contributed by atoms with E-state index >= 15 is 0 Å². The molecule has 15 atom stereocenters. The number of benzene rings is 9. The van der Waals surface area contributed by atoms with Crippen molar-refractivity contribution in [2.45, 2.75) is 171 Å². The van der Waals surface area contributed by atoms with Crippen LogP contribution < -0.4 is 0 Å². The molecule has 0 N–H and O–H groups in total. The highest BCUT2D eigenvalue weighted by Crippen LogP contribution is 2.41. The van der Waals surface area contributed by atoms with Crippen LogP contribution in [-0.4, -0.2) is 109 Å². The zero-order chi connectivity index (χ0) is 71.2. The third kappa shape index (κ3) is 19.5. The van der Waals surface area contributed by atoms with E-state index in [4.69, 9.17) is 83.9 Å². The third-order valence-electron chi connectivity index (χ3n) is 19.2. The molecule has 14 rings (SSSR count). The molecule has 3 aliphatic heterocycles. The molecule has 9 unspecified atom stereocenters. The van der Waals surface area contributed by atoms with Crippen LogP contribution in [0.5, 0.6) is 0 Å². The predicted octanol–water partition coefficient (Wildman–Crippen LogP) is 14.1. The predicted molar refractivity (Wildman–Crippen MR) is 394 cm³/mol. The molecule has 5 heterocycles. The Morgan fingerprint density at radius 1 is 0.295 bits per heavy atom. The van der Waals surface area contributed by atoms with Crippen LogP contribution in [0.3, 0.4) is 0 Å². The van der Waals surface area contributed by atoms with Gasteiger partial charge in [0.1, 0.15) is 96.8 Å². The fourth-order valence-electron chi connectivity index (χ4n) is 13.8. The second-order valence-corrected chi connectivity index (χ2v) is 26.7. The van der Waals surface area contributed by atoms with Crippen LogP contribution in [0.25, 0.3) is 0 Å².